The van der Waals surface area contributed by atoms with Crippen molar-refractivity contribution in [2.24, 2.45) is 51.0 Å². The zero-order valence-corrected chi connectivity index (χ0v) is 55.5. The molecule has 1 fully saturated rings. The molecular formula is C61H108N20O14. The quantitative estimate of drug-likeness (QED) is 0.0171. The van der Waals surface area contributed by atoms with E-state index in [4.69, 9.17) is 40.1 Å². The number of guanidine groups is 1. The lowest BCUT2D eigenvalue weighted by atomic mass is 10.00. The molecule has 1 heterocycles. The Bertz CT molecular complexity index is 2650. The molecular weight excluding hydrogens is 1240 g/mol. The molecule has 95 heavy (non-hydrogen) atoms. The number of nitrogens with one attached hydrogen (secondary N) is 12. The normalized spacial score (nSPS) is 21.6. The molecule has 28 N–H and O–H groups in total. The van der Waals surface area contributed by atoms with Gasteiger partial charge in [-0.1, -0.05) is 76.8 Å². The maximum absolute atomic E-state index is 14.7. The number of carbonyl (C=O) groups is 12. The minimum atomic E-state index is -1.76. The Morgan fingerprint density at radius 1 is 0.589 bits per heavy atom. The summed E-state index contributed by atoms with van der Waals surface area (Å²) >= 11 is 0. The first-order valence-electron chi connectivity index (χ1n) is 32.7. The summed E-state index contributed by atoms with van der Waals surface area (Å²) in [7, 11) is 0. The van der Waals surface area contributed by atoms with Gasteiger partial charge in [-0.25, -0.2) is 0 Å². The first-order chi connectivity index (χ1) is 45.1. The van der Waals surface area contributed by atoms with Gasteiger partial charge in [0, 0.05) is 32.5 Å². The molecule has 12 amide bonds. The van der Waals surface area contributed by atoms with E-state index in [1.807, 2.05) is 0 Å². The van der Waals surface area contributed by atoms with Gasteiger partial charge in [0.1, 0.15) is 60.4 Å². The van der Waals surface area contributed by atoms with E-state index in [0.717, 1.165) is 25.7 Å². The molecule has 1 aliphatic heterocycles. The van der Waals surface area contributed by atoms with Crippen LogP contribution in [0.1, 0.15) is 136 Å². The topological polar surface area (TPSA) is 584 Å². The van der Waals surface area contributed by atoms with Crippen LogP contribution in [0.5, 0.6) is 0 Å². The average Bonchev–Trinajstić information content (AvgIpc) is 1.30. The van der Waals surface area contributed by atoms with Crippen LogP contribution in [0.25, 0.3) is 0 Å². The summed E-state index contributed by atoms with van der Waals surface area (Å²) in [5.74, 6) is -11.3. The fraction of sp³-hybridized carbons (Fsp3) is 0.689. The number of rotatable bonds is 35. The molecule has 13 atom stereocenters. The zero-order chi connectivity index (χ0) is 71.2. The third kappa shape index (κ3) is 31.8. The molecule has 1 aromatic rings. The number of aliphatic imine (C=N–C) groups is 1. The molecule has 536 valence electrons. The van der Waals surface area contributed by atoms with E-state index in [1.165, 1.54) is 13.8 Å². The summed E-state index contributed by atoms with van der Waals surface area (Å²) in [5, 5.41) is 52.4. The largest absolute Gasteiger partial charge is 0.391 e. The fourth-order valence-corrected chi connectivity index (χ4v) is 9.98. The Balaban J connectivity index is 2.73. The van der Waals surface area contributed by atoms with E-state index in [9.17, 15) is 67.7 Å². The Labute approximate surface area is 555 Å². The van der Waals surface area contributed by atoms with E-state index in [0.29, 0.717) is 18.4 Å². The Hall–Kier alpha value is -8.15. The summed E-state index contributed by atoms with van der Waals surface area (Å²) in [5.41, 5.74) is 41.1. The van der Waals surface area contributed by atoms with Crippen molar-refractivity contribution in [3.05, 3.63) is 35.9 Å². The van der Waals surface area contributed by atoms with E-state index < -0.39 is 163 Å². The molecule has 2 rings (SSSR count). The number of aliphatic hydroxyl groups is 2. The maximum atomic E-state index is 14.7. The third-order valence-electron chi connectivity index (χ3n) is 15.3. The van der Waals surface area contributed by atoms with Crippen LogP contribution in [-0.2, 0) is 64.0 Å². The zero-order valence-electron chi connectivity index (χ0n) is 55.5. The number of hydrogen-bond donors (Lipinski definition) is 21. The second-order valence-electron chi connectivity index (χ2n) is 24.0. The molecule has 34 nitrogen and oxygen atoms in total. The summed E-state index contributed by atoms with van der Waals surface area (Å²) in [6.45, 7) is 6.64. The van der Waals surface area contributed by atoms with E-state index in [2.05, 4.69) is 75.7 Å². The van der Waals surface area contributed by atoms with Crippen LogP contribution in [0.2, 0.25) is 0 Å². The molecule has 0 bridgehead atoms. The van der Waals surface area contributed by atoms with E-state index in [-0.39, 0.29) is 109 Å². The Morgan fingerprint density at radius 3 is 1.68 bits per heavy atom. The third-order valence-corrected chi connectivity index (χ3v) is 15.3. The van der Waals surface area contributed by atoms with Crippen molar-refractivity contribution >= 4 is 76.8 Å². The molecule has 1 aliphatic rings. The highest BCUT2D eigenvalue weighted by Gasteiger charge is 2.38. The Morgan fingerprint density at radius 2 is 1.13 bits per heavy atom. The highest BCUT2D eigenvalue weighted by Crippen LogP contribution is 2.13. The van der Waals surface area contributed by atoms with Crippen molar-refractivity contribution < 1.29 is 67.7 Å². The number of carbonyl (C=O) groups excluding carboxylic acids is 12. The lowest BCUT2D eigenvalue weighted by molar-refractivity contribution is -0.137. The van der Waals surface area contributed by atoms with Gasteiger partial charge in [0.15, 0.2) is 5.96 Å². The first-order valence-corrected chi connectivity index (χ1v) is 32.7. The number of aliphatic hydroxyl groups excluding tert-OH is 2. The predicted molar refractivity (Wildman–Crippen MR) is 353 cm³/mol. The van der Waals surface area contributed by atoms with Crippen LogP contribution in [0, 0.1) is 5.92 Å². The SMILES string of the molecule is CCCCCCCC(=O)N[C@@H](CCN)C(=O)N[C@H](C(=O)N[C@@H](CCN)C(=O)N[C@H]1CCNC(=O)[C@H]([C@@H](C)O)NC(=O)[C@H](CCN)NC(=O)[C@H](CCNC(=O)[C@@H](N)CCCN=C(N)N)NC(=O)[C@H](CC(C)C)NC(=O)[C@@H](Cc2ccccc2)NC(=O)[C@H](CCN)NC1=O)[C@@H](C)O. The summed E-state index contributed by atoms with van der Waals surface area (Å²) in [6, 6.07) is -8.06. The molecule has 0 unspecified atom stereocenters. The fourth-order valence-electron chi connectivity index (χ4n) is 9.98. The van der Waals surface area contributed by atoms with E-state index in [1.54, 1.807) is 44.2 Å². The van der Waals surface area contributed by atoms with Crippen LogP contribution in [-0.4, -0.2) is 212 Å². The summed E-state index contributed by atoms with van der Waals surface area (Å²) < 4.78 is 0. The number of amides is 12. The monoisotopic (exact) mass is 1340 g/mol. The number of benzene rings is 1. The van der Waals surface area contributed by atoms with Crippen molar-refractivity contribution in [1.29, 1.82) is 0 Å². The van der Waals surface area contributed by atoms with Crippen molar-refractivity contribution in [2.75, 3.05) is 45.8 Å². The van der Waals surface area contributed by atoms with Crippen LogP contribution >= 0.6 is 0 Å². The van der Waals surface area contributed by atoms with Gasteiger partial charge in [-0.3, -0.25) is 62.5 Å². The lowest BCUT2D eigenvalue weighted by Gasteiger charge is -2.29. The summed E-state index contributed by atoms with van der Waals surface area (Å²) in [6.07, 6.45) is -0.108. The van der Waals surface area contributed by atoms with Gasteiger partial charge in [0.05, 0.1) is 18.2 Å². The van der Waals surface area contributed by atoms with Gasteiger partial charge >= 0.3 is 0 Å². The molecule has 0 aliphatic carbocycles. The highest BCUT2D eigenvalue weighted by molar-refractivity contribution is 5.99. The van der Waals surface area contributed by atoms with Crippen LogP contribution in [0.4, 0.5) is 0 Å². The smallest absolute Gasteiger partial charge is 0.245 e. The minimum absolute atomic E-state index is 0.0290. The van der Waals surface area contributed by atoms with E-state index >= 15 is 0 Å². The van der Waals surface area contributed by atoms with Gasteiger partial charge in [-0.15, -0.1) is 0 Å². The molecule has 0 radical (unpaired) electrons. The number of hydrogen-bond acceptors (Lipinski definition) is 20. The van der Waals surface area contributed by atoms with Gasteiger partial charge < -0.3 is 114 Å². The van der Waals surface area contributed by atoms with Crippen molar-refractivity contribution in [3.8, 4) is 0 Å². The molecule has 0 saturated carbocycles. The predicted octanol–water partition coefficient (Wildman–Crippen LogP) is -6.95. The molecule has 0 aromatic heterocycles. The van der Waals surface area contributed by atoms with Gasteiger partial charge in [-0.05, 0) is 116 Å². The van der Waals surface area contributed by atoms with Crippen LogP contribution < -0.4 is 104 Å². The van der Waals surface area contributed by atoms with Gasteiger partial charge in [0.2, 0.25) is 70.9 Å². The summed E-state index contributed by atoms with van der Waals surface area (Å²) in [4.78, 5) is 173. The second-order valence-corrected chi connectivity index (χ2v) is 24.0. The maximum Gasteiger partial charge on any atom is 0.245 e. The minimum Gasteiger partial charge on any atom is -0.391 e. The molecule has 34 heteroatoms. The van der Waals surface area contributed by atoms with Crippen molar-refractivity contribution in [1.82, 2.24) is 63.8 Å². The van der Waals surface area contributed by atoms with Gasteiger partial charge in [0.25, 0.3) is 0 Å². The average molecular weight is 1350 g/mol. The first kappa shape index (κ1) is 82.9. The lowest BCUT2D eigenvalue weighted by Crippen LogP contribution is -2.62. The second kappa shape index (κ2) is 45.3. The molecule has 1 aromatic carbocycles. The standard InChI is InChI=1S/C61H108N20O14/c1-6-7-8-9-13-18-47(84)72-39(19-25-62)55(90)81-49(36(5)83)60(95)77-41(21-27-64)51(86)75-43-24-31-70-59(94)48(35(4)82)80-56(91)42(22-28-65)74-54(89)44(23-30-69-50(85)38(66)17-14-29-71-61(67)68)76-57(92)45(32-34(2)3)78-58(93)46(33-37-15-11-10-12-16-37)79-52(87)40(20-26-63)73-53(43)88/h10-12,15-16,34-36,38-46,48-49,82-83H,6-9,13-14,17-33,62-66H2,1-5H3,(H,69,85)(H,70,94)(H,72,84)(H,73,88)(H,74,89)(H,75,86)(H,76,92)(H,77,95)(H,78,93)(H,79,87)(H,80,91)(H,81,90)(H4,67,68,71)/t35-,36-,38+,39+,40+,41+,42+,43+,44+,45+,46-,48+,49+/m1/s1. The molecule has 0 spiro atoms. The van der Waals surface area contributed by atoms with Crippen LogP contribution in [0.15, 0.2) is 35.3 Å². The number of nitrogens with zero attached hydrogens (tertiary/aromatic N) is 1. The Kier molecular flexibility index (Phi) is 39.5. The number of unbranched alkanes of at least 4 members (excludes halogenated alkanes) is 4. The van der Waals surface area contributed by atoms with Gasteiger partial charge in [-0.2, -0.15) is 0 Å². The molecule has 1 saturated heterocycles. The highest BCUT2D eigenvalue weighted by atomic mass is 16.3. The van der Waals surface area contributed by atoms with Crippen LogP contribution in [0.3, 0.4) is 0 Å². The van der Waals surface area contributed by atoms with Crippen molar-refractivity contribution in [3.63, 3.8) is 0 Å². The van der Waals surface area contributed by atoms with Crippen molar-refractivity contribution in [2.45, 2.75) is 216 Å². The number of nitrogens with two attached hydrogens (primary N) is 7.